The van der Waals surface area contributed by atoms with Crippen molar-refractivity contribution in [3.63, 3.8) is 0 Å². The normalized spacial score (nSPS) is 18.1. The first-order valence-electron chi connectivity index (χ1n) is 7.05. The molecule has 1 amide bonds. The zero-order valence-electron chi connectivity index (χ0n) is 11.9. The second-order valence-corrected chi connectivity index (χ2v) is 5.24. The fraction of sp³-hybridized carbons (Fsp3) is 0.438. The summed E-state index contributed by atoms with van der Waals surface area (Å²) in [5.74, 6) is -0.0295. The SMILES string of the molecule is CC(=O)NCC=Cc1ccc(C2(O)CCNCC2)cc1. The molecule has 0 saturated carbocycles. The lowest BCUT2D eigenvalue weighted by Crippen LogP contribution is -2.39. The van der Waals surface area contributed by atoms with Gasteiger partial charge in [0.2, 0.25) is 5.91 Å². The maximum absolute atomic E-state index is 10.7. The predicted octanol–water partition coefficient (Wildman–Crippen LogP) is 1.41. The van der Waals surface area contributed by atoms with E-state index in [0.29, 0.717) is 6.54 Å². The van der Waals surface area contributed by atoms with Crippen LogP contribution in [0, 0.1) is 0 Å². The molecular weight excluding hydrogens is 252 g/mol. The number of aliphatic hydroxyl groups is 1. The Kier molecular flexibility index (Phi) is 4.93. The minimum absolute atomic E-state index is 0.0295. The summed E-state index contributed by atoms with van der Waals surface area (Å²) in [6.07, 6.45) is 5.39. The molecule has 4 heteroatoms. The highest BCUT2D eigenvalue weighted by Crippen LogP contribution is 2.30. The lowest BCUT2D eigenvalue weighted by molar-refractivity contribution is -0.118. The van der Waals surface area contributed by atoms with Gasteiger partial charge in [-0.2, -0.15) is 0 Å². The Balaban J connectivity index is 1.97. The van der Waals surface area contributed by atoms with Crippen molar-refractivity contribution in [1.29, 1.82) is 0 Å². The minimum atomic E-state index is -0.691. The summed E-state index contributed by atoms with van der Waals surface area (Å²) < 4.78 is 0. The predicted molar refractivity (Wildman–Crippen MR) is 80.2 cm³/mol. The van der Waals surface area contributed by atoms with Crippen LogP contribution in [0.2, 0.25) is 0 Å². The van der Waals surface area contributed by atoms with Crippen LogP contribution in [-0.2, 0) is 10.4 Å². The van der Waals surface area contributed by atoms with Crippen LogP contribution in [0.1, 0.15) is 30.9 Å². The molecule has 1 saturated heterocycles. The Bertz CT molecular complexity index is 474. The third-order valence-corrected chi connectivity index (χ3v) is 3.66. The maximum atomic E-state index is 10.7. The first-order valence-corrected chi connectivity index (χ1v) is 7.05. The van der Waals surface area contributed by atoms with Gasteiger partial charge in [0.1, 0.15) is 0 Å². The van der Waals surface area contributed by atoms with Crippen molar-refractivity contribution in [1.82, 2.24) is 10.6 Å². The molecule has 0 aromatic heterocycles. The van der Waals surface area contributed by atoms with Crippen LogP contribution >= 0.6 is 0 Å². The van der Waals surface area contributed by atoms with Crippen molar-refractivity contribution in [3.05, 3.63) is 41.5 Å². The molecule has 4 nitrogen and oxygen atoms in total. The molecule has 1 aromatic rings. The van der Waals surface area contributed by atoms with Gasteiger partial charge < -0.3 is 15.7 Å². The summed E-state index contributed by atoms with van der Waals surface area (Å²) in [5, 5.41) is 16.6. The molecule has 108 valence electrons. The molecule has 1 aromatic carbocycles. The third kappa shape index (κ3) is 3.92. The largest absolute Gasteiger partial charge is 0.385 e. The Morgan fingerprint density at radius 3 is 2.60 bits per heavy atom. The van der Waals surface area contributed by atoms with E-state index in [1.165, 1.54) is 6.92 Å². The van der Waals surface area contributed by atoms with E-state index in [2.05, 4.69) is 10.6 Å². The van der Waals surface area contributed by atoms with Crippen molar-refractivity contribution in [3.8, 4) is 0 Å². The Morgan fingerprint density at radius 2 is 2.00 bits per heavy atom. The molecule has 0 aliphatic carbocycles. The molecule has 0 bridgehead atoms. The fourth-order valence-corrected chi connectivity index (χ4v) is 2.43. The third-order valence-electron chi connectivity index (χ3n) is 3.66. The minimum Gasteiger partial charge on any atom is -0.385 e. The number of nitrogens with one attached hydrogen (secondary N) is 2. The lowest BCUT2D eigenvalue weighted by atomic mass is 9.85. The number of carbonyl (C=O) groups excluding carboxylic acids is 1. The van der Waals surface area contributed by atoms with E-state index in [4.69, 9.17) is 0 Å². The Hall–Kier alpha value is -1.65. The maximum Gasteiger partial charge on any atom is 0.217 e. The fourth-order valence-electron chi connectivity index (χ4n) is 2.43. The topological polar surface area (TPSA) is 61.4 Å². The van der Waals surface area contributed by atoms with Gasteiger partial charge >= 0.3 is 0 Å². The Morgan fingerprint density at radius 1 is 1.35 bits per heavy atom. The van der Waals surface area contributed by atoms with E-state index < -0.39 is 5.60 Å². The van der Waals surface area contributed by atoms with E-state index >= 15 is 0 Å². The molecule has 1 heterocycles. The molecule has 1 fully saturated rings. The summed E-state index contributed by atoms with van der Waals surface area (Å²) in [6.45, 7) is 3.75. The molecule has 0 radical (unpaired) electrons. The number of hydrogen-bond acceptors (Lipinski definition) is 3. The average Bonchev–Trinajstić information content (AvgIpc) is 2.45. The van der Waals surface area contributed by atoms with Gasteiger partial charge in [-0.05, 0) is 37.1 Å². The molecule has 0 unspecified atom stereocenters. The van der Waals surface area contributed by atoms with E-state index in [9.17, 15) is 9.90 Å². The highest BCUT2D eigenvalue weighted by atomic mass is 16.3. The molecule has 0 atom stereocenters. The summed E-state index contributed by atoms with van der Waals surface area (Å²) in [4.78, 5) is 10.7. The molecule has 0 spiro atoms. The van der Waals surface area contributed by atoms with Crippen LogP contribution in [0.15, 0.2) is 30.3 Å². The molecular formula is C16H22N2O2. The van der Waals surface area contributed by atoms with E-state index in [1.807, 2.05) is 36.4 Å². The number of benzene rings is 1. The summed E-state index contributed by atoms with van der Waals surface area (Å²) >= 11 is 0. The molecule has 1 aliphatic heterocycles. The number of piperidine rings is 1. The second-order valence-electron chi connectivity index (χ2n) is 5.24. The van der Waals surface area contributed by atoms with Gasteiger partial charge in [0, 0.05) is 13.5 Å². The van der Waals surface area contributed by atoms with Crippen LogP contribution in [-0.4, -0.2) is 30.6 Å². The van der Waals surface area contributed by atoms with Gasteiger partial charge in [-0.15, -0.1) is 0 Å². The van der Waals surface area contributed by atoms with Crippen LogP contribution in [0.4, 0.5) is 0 Å². The van der Waals surface area contributed by atoms with Crippen molar-refractivity contribution < 1.29 is 9.90 Å². The quantitative estimate of drug-likeness (QED) is 0.778. The first-order chi connectivity index (χ1) is 9.60. The van der Waals surface area contributed by atoms with Gasteiger partial charge in [0.25, 0.3) is 0 Å². The van der Waals surface area contributed by atoms with Crippen LogP contribution in [0.3, 0.4) is 0 Å². The highest BCUT2D eigenvalue weighted by Gasteiger charge is 2.30. The average molecular weight is 274 g/mol. The monoisotopic (exact) mass is 274 g/mol. The first kappa shape index (κ1) is 14.8. The van der Waals surface area contributed by atoms with E-state index in [0.717, 1.165) is 37.1 Å². The van der Waals surface area contributed by atoms with Gasteiger partial charge in [-0.25, -0.2) is 0 Å². The highest BCUT2D eigenvalue weighted by molar-refractivity contribution is 5.73. The smallest absolute Gasteiger partial charge is 0.217 e. The number of hydrogen-bond donors (Lipinski definition) is 3. The molecule has 3 N–H and O–H groups in total. The van der Waals surface area contributed by atoms with Gasteiger partial charge in [-0.1, -0.05) is 36.4 Å². The summed E-state index contributed by atoms with van der Waals surface area (Å²) in [5.41, 5.74) is 1.36. The van der Waals surface area contributed by atoms with Crippen molar-refractivity contribution in [2.75, 3.05) is 19.6 Å². The van der Waals surface area contributed by atoms with Gasteiger partial charge in [0.05, 0.1) is 5.60 Å². The zero-order valence-corrected chi connectivity index (χ0v) is 11.9. The Labute approximate surface area is 119 Å². The molecule has 20 heavy (non-hydrogen) atoms. The summed E-state index contributed by atoms with van der Waals surface area (Å²) in [6, 6.07) is 7.98. The van der Waals surface area contributed by atoms with Crippen molar-refractivity contribution in [2.45, 2.75) is 25.4 Å². The van der Waals surface area contributed by atoms with Crippen LogP contribution in [0.25, 0.3) is 6.08 Å². The van der Waals surface area contributed by atoms with Crippen molar-refractivity contribution >= 4 is 12.0 Å². The zero-order chi connectivity index (χ0) is 14.4. The second kappa shape index (κ2) is 6.68. The molecule has 1 aliphatic rings. The number of carbonyl (C=O) groups is 1. The number of rotatable bonds is 4. The van der Waals surface area contributed by atoms with E-state index in [-0.39, 0.29) is 5.91 Å². The van der Waals surface area contributed by atoms with E-state index in [1.54, 1.807) is 0 Å². The standard InChI is InChI=1S/C16H22N2O2/c1-13(19)18-10-2-3-14-4-6-15(7-5-14)16(20)8-11-17-12-9-16/h2-7,17,20H,8-12H2,1H3,(H,18,19). The lowest BCUT2D eigenvalue weighted by Gasteiger charge is -2.33. The number of amides is 1. The van der Waals surface area contributed by atoms with Crippen LogP contribution in [0.5, 0.6) is 0 Å². The molecule has 2 rings (SSSR count). The van der Waals surface area contributed by atoms with Gasteiger partial charge in [0.15, 0.2) is 0 Å². The summed E-state index contributed by atoms with van der Waals surface area (Å²) in [7, 11) is 0. The van der Waals surface area contributed by atoms with Gasteiger partial charge in [-0.3, -0.25) is 4.79 Å². The van der Waals surface area contributed by atoms with Crippen molar-refractivity contribution in [2.24, 2.45) is 0 Å². The van der Waals surface area contributed by atoms with Crippen LogP contribution < -0.4 is 10.6 Å².